The third kappa shape index (κ3) is 4.88. The smallest absolute Gasteiger partial charge is 0.243 e. The van der Waals surface area contributed by atoms with Gasteiger partial charge in [0.05, 0.1) is 29.5 Å². The molecule has 33 heavy (non-hydrogen) atoms. The van der Waals surface area contributed by atoms with Crippen molar-refractivity contribution in [3.05, 3.63) is 63.2 Å². The molecule has 1 aliphatic carbocycles. The number of halogens is 1. The fourth-order valence-electron chi connectivity index (χ4n) is 4.49. The number of rotatable bonds is 5. The predicted octanol–water partition coefficient (Wildman–Crippen LogP) is 5.35. The molecule has 3 aromatic rings. The fourth-order valence-corrected chi connectivity index (χ4v) is 7.15. The first-order chi connectivity index (χ1) is 16.0. The molecule has 0 radical (unpaired) electrons. The molecule has 0 atom stereocenters. The van der Waals surface area contributed by atoms with E-state index in [2.05, 4.69) is 50.1 Å². The molecule has 174 valence electrons. The summed E-state index contributed by atoms with van der Waals surface area (Å²) in [5.74, 6) is 0. The number of sulfonamides is 1. The van der Waals surface area contributed by atoms with Crippen molar-refractivity contribution in [1.29, 1.82) is 0 Å². The maximum atomic E-state index is 12.9. The van der Waals surface area contributed by atoms with E-state index in [0.29, 0.717) is 37.2 Å². The summed E-state index contributed by atoms with van der Waals surface area (Å²) in [6.45, 7) is 1.66. The van der Waals surface area contributed by atoms with Crippen LogP contribution < -0.4 is 4.80 Å². The van der Waals surface area contributed by atoms with E-state index >= 15 is 0 Å². The Bertz CT molecular complexity index is 1270. The standard InChI is InChI=1S/C24H26BrN3O3S2/c25-19-7-5-18(6-8-19)23-17-32-24(28(23)21-3-1-2-4-21)26-20-9-11-22(12-10-20)33(29,30)27-13-15-31-16-14-27/h5-12,17,21H,1-4,13-16H2. The van der Waals surface area contributed by atoms with E-state index < -0.39 is 10.0 Å². The Hall–Kier alpha value is -1.78. The van der Waals surface area contributed by atoms with E-state index in [4.69, 9.17) is 9.73 Å². The SMILES string of the molecule is O=S(=O)(c1ccc(N=c2scc(-c3ccc(Br)cc3)n2C2CCCC2)cc1)N1CCOCC1. The van der Waals surface area contributed by atoms with Gasteiger partial charge in [-0.3, -0.25) is 0 Å². The Balaban J connectivity index is 1.49. The molecular weight excluding hydrogens is 522 g/mol. The lowest BCUT2D eigenvalue weighted by Gasteiger charge is -2.26. The lowest BCUT2D eigenvalue weighted by Crippen LogP contribution is -2.40. The van der Waals surface area contributed by atoms with Gasteiger partial charge in [-0.25, -0.2) is 13.4 Å². The highest BCUT2D eigenvalue weighted by atomic mass is 79.9. The van der Waals surface area contributed by atoms with Crippen molar-refractivity contribution in [2.75, 3.05) is 26.3 Å². The number of thiazole rings is 1. The second-order valence-corrected chi connectivity index (χ2v) is 12.0. The fraction of sp³-hybridized carbons (Fsp3) is 0.375. The summed E-state index contributed by atoms with van der Waals surface area (Å²) in [5, 5.41) is 2.18. The van der Waals surface area contributed by atoms with Gasteiger partial charge < -0.3 is 9.30 Å². The molecule has 2 fully saturated rings. The third-order valence-corrected chi connectivity index (χ3v) is 9.52. The van der Waals surface area contributed by atoms with E-state index in [1.807, 2.05) is 0 Å². The number of ether oxygens (including phenoxy) is 1. The number of nitrogens with zero attached hydrogens (tertiary/aromatic N) is 3. The first-order valence-electron chi connectivity index (χ1n) is 11.2. The van der Waals surface area contributed by atoms with Gasteiger partial charge in [0.15, 0.2) is 4.80 Å². The molecule has 2 heterocycles. The molecule has 0 unspecified atom stereocenters. The van der Waals surface area contributed by atoms with Crippen LogP contribution in [0.4, 0.5) is 5.69 Å². The summed E-state index contributed by atoms with van der Waals surface area (Å²) in [6, 6.07) is 15.7. The van der Waals surface area contributed by atoms with Gasteiger partial charge in [-0.1, -0.05) is 40.9 Å². The highest BCUT2D eigenvalue weighted by molar-refractivity contribution is 9.10. The van der Waals surface area contributed by atoms with Crippen molar-refractivity contribution in [2.45, 2.75) is 36.6 Å². The molecule has 1 aromatic heterocycles. The van der Waals surface area contributed by atoms with Crippen LogP contribution in [0.25, 0.3) is 11.3 Å². The zero-order valence-corrected chi connectivity index (χ0v) is 21.4. The van der Waals surface area contributed by atoms with Crippen molar-refractivity contribution >= 4 is 43.0 Å². The largest absolute Gasteiger partial charge is 0.379 e. The van der Waals surface area contributed by atoms with Crippen LogP contribution in [0.3, 0.4) is 0 Å². The molecule has 2 aliphatic rings. The average molecular weight is 549 g/mol. The topological polar surface area (TPSA) is 63.9 Å². The number of morpholine rings is 1. The quantitative estimate of drug-likeness (QED) is 0.432. The minimum Gasteiger partial charge on any atom is -0.379 e. The number of hydrogen-bond acceptors (Lipinski definition) is 5. The first-order valence-corrected chi connectivity index (χ1v) is 14.3. The molecule has 1 saturated heterocycles. The first kappa shape index (κ1) is 23.0. The number of hydrogen-bond donors (Lipinski definition) is 0. The van der Waals surface area contributed by atoms with Gasteiger partial charge in [0.2, 0.25) is 10.0 Å². The predicted molar refractivity (Wildman–Crippen MR) is 134 cm³/mol. The summed E-state index contributed by atoms with van der Waals surface area (Å²) in [5.41, 5.74) is 3.12. The lowest BCUT2D eigenvalue weighted by molar-refractivity contribution is 0.0730. The lowest BCUT2D eigenvalue weighted by atomic mass is 10.1. The Labute approximate surface area is 206 Å². The van der Waals surface area contributed by atoms with Crippen molar-refractivity contribution in [3.63, 3.8) is 0 Å². The normalized spacial score (nSPS) is 18.8. The van der Waals surface area contributed by atoms with Crippen LogP contribution in [-0.4, -0.2) is 43.6 Å². The zero-order valence-electron chi connectivity index (χ0n) is 18.2. The second-order valence-electron chi connectivity index (χ2n) is 8.34. The van der Waals surface area contributed by atoms with Gasteiger partial charge >= 0.3 is 0 Å². The molecule has 2 aromatic carbocycles. The molecule has 5 rings (SSSR count). The molecule has 0 spiro atoms. The summed E-state index contributed by atoms with van der Waals surface area (Å²) >= 11 is 5.16. The van der Waals surface area contributed by atoms with E-state index in [1.165, 1.54) is 28.4 Å². The van der Waals surface area contributed by atoms with Crippen molar-refractivity contribution in [3.8, 4) is 11.3 Å². The van der Waals surface area contributed by atoms with Crippen molar-refractivity contribution in [1.82, 2.24) is 8.87 Å². The monoisotopic (exact) mass is 547 g/mol. The van der Waals surface area contributed by atoms with E-state index in [0.717, 1.165) is 27.8 Å². The van der Waals surface area contributed by atoms with Gasteiger partial charge in [0.25, 0.3) is 0 Å². The second kappa shape index (κ2) is 9.84. The number of benzene rings is 2. The summed E-state index contributed by atoms with van der Waals surface area (Å²) in [7, 11) is -3.50. The maximum absolute atomic E-state index is 12.9. The van der Waals surface area contributed by atoms with Crippen molar-refractivity contribution < 1.29 is 13.2 Å². The van der Waals surface area contributed by atoms with Crippen LogP contribution in [0.15, 0.2) is 68.3 Å². The van der Waals surface area contributed by atoms with Crippen LogP contribution >= 0.6 is 27.3 Å². The Morgan fingerprint density at radius 3 is 2.30 bits per heavy atom. The van der Waals surface area contributed by atoms with Gasteiger partial charge in [-0.05, 0) is 54.8 Å². The summed E-state index contributed by atoms with van der Waals surface area (Å²) in [6.07, 6.45) is 4.79. The van der Waals surface area contributed by atoms with Crippen LogP contribution in [-0.2, 0) is 14.8 Å². The van der Waals surface area contributed by atoms with Crippen LogP contribution in [0.5, 0.6) is 0 Å². The Kier molecular flexibility index (Phi) is 6.85. The maximum Gasteiger partial charge on any atom is 0.243 e. The zero-order chi connectivity index (χ0) is 22.8. The van der Waals surface area contributed by atoms with E-state index in [1.54, 1.807) is 35.6 Å². The molecule has 6 nitrogen and oxygen atoms in total. The van der Waals surface area contributed by atoms with Gasteiger partial charge in [0.1, 0.15) is 0 Å². The number of aromatic nitrogens is 1. The molecule has 0 bridgehead atoms. The molecule has 9 heteroatoms. The van der Waals surface area contributed by atoms with Gasteiger partial charge in [0, 0.05) is 29.0 Å². The van der Waals surface area contributed by atoms with Crippen LogP contribution in [0.1, 0.15) is 31.7 Å². The molecular formula is C24H26BrN3O3S2. The van der Waals surface area contributed by atoms with Gasteiger partial charge in [-0.15, -0.1) is 11.3 Å². The summed E-state index contributed by atoms with van der Waals surface area (Å²) in [4.78, 5) is 6.18. The third-order valence-electron chi connectivity index (χ3n) is 6.24. The Morgan fingerprint density at radius 1 is 0.970 bits per heavy atom. The van der Waals surface area contributed by atoms with Gasteiger partial charge in [-0.2, -0.15) is 4.31 Å². The summed E-state index contributed by atoms with van der Waals surface area (Å²) < 4.78 is 36.0. The minimum absolute atomic E-state index is 0.300. The van der Waals surface area contributed by atoms with Crippen molar-refractivity contribution in [2.24, 2.45) is 4.99 Å². The molecule has 0 amide bonds. The van der Waals surface area contributed by atoms with Crippen LogP contribution in [0, 0.1) is 0 Å². The van der Waals surface area contributed by atoms with E-state index in [-0.39, 0.29) is 0 Å². The van der Waals surface area contributed by atoms with E-state index in [9.17, 15) is 8.42 Å². The van der Waals surface area contributed by atoms with Crippen LogP contribution in [0.2, 0.25) is 0 Å². The highest BCUT2D eigenvalue weighted by Gasteiger charge is 2.26. The average Bonchev–Trinajstić information content (AvgIpc) is 3.51. The molecule has 1 saturated carbocycles. The highest BCUT2D eigenvalue weighted by Crippen LogP contribution is 2.34. The minimum atomic E-state index is -3.50. The molecule has 0 N–H and O–H groups in total. The molecule has 1 aliphatic heterocycles. The Morgan fingerprint density at radius 2 is 1.64 bits per heavy atom.